The quantitative estimate of drug-likeness (QED) is 0.663. The van der Waals surface area contributed by atoms with E-state index in [1.54, 1.807) is 11.3 Å². The lowest BCUT2D eigenvalue weighted by molar-refractivity contribution is -0.0301. The van der Waals surface area contributed by atoms with E-state index in [1.165, 1.54) is 4.88 Å². The first-order valence-corrected chi connectivity index (χ1v) is 10.5. The van der Waals surface area contributed by atoms with Crippen LogP contribution in [0.5, 0.6) is 5.88 Å². The fourth-order valence-corrected chi connectivity index (χ4v) is 4.62. The molecular weight excluding hydrogens is 370 g/mol. The molecule has 0 bridgehead atoms. The molecule has 0 aromatic carbocycles. The molecule has 1 fully saturated rings. The summed E-state index contributed by atoms with van der Waals surface area (Å²) in [6.45, 7) is 7.84. The van der Waals surface area contributed by atoms with E-state index < -0.39 is 0 Å². The summed E-state index contributed by atoms with van der Waals surface area (Å²) in [5.74, 6) is 1.01. The second-order valence-corrected chi connectivity index (χ2v) is 9.22. The molecule has 148 valence electrons. The summed E-state index contributed by atoms with van der Waals surface area (Å²) in [4.78, 5) is 4.67. The van der Waals surface area contributed by atoms with Crippen LogP contribution in [0.2, 0.25) is 0 Å². The third kappa shape index (κ3) is 3.56. The number of rotatable bonds is 4. The van der Waals surface area contributed by atoms with Crippen molar-refractivity contribution >= 4 is 11.3 Å². The maximum absolute atomic E-state index is 6.21. The van der Waals surface area contributed by atoms with Crippen molar-refractivity contribution < 1.29 is 4.74 Å². The van der Waals surface area contributed by atoms with Gasteiger partial charge in [-0.05, 0) is 45.5 Å². The molecular formula is C21H27N5OS. The molecule has 0 radical (unpaired) electrons. The van der Waals surface area contributed by atoms with Crippen LogP contribution in [0.25, 0.3) is 21.0 Å². The van der Waals surface area contributed by atoms with Crippen LogP contribution in [0.3, 0.4) is 0 Å². The lowest BCUT2D eigenvalue weighted by Gasteiger charge is -2.48. The van der Waals surface area contributed by atoms with Crippen molar-refractivity contribution in [1.82, 2.24) is 24.9 Å². The zero-order valence-electron chi connectivity index (χ0n) is 17.1. The maximum Gasteiger partial charge on any atom is 0.233 e. The normalized spacial score (nSPS) is 22.3. The van der Waals surface area contributed by atoms with Crippen molar-refractivity contribution in [2.24, 2.45) is 13.0 Å². The predicted octanol–water partition coefficient (Wildman–Crippen LogP) is 4.10. The molecule has 28 heavy (non-hydrogen) atoms. The number of piperidine rings is 1. The van der Waals surface area contributed by atoms with Gasteiger partial charge in [0.25, 0.3) is 0 Å². The van der Waals surface area contributed by atoms with Gasteiger partial charge >= 0.3 is 0 Å². The number of ether oxygens (including phenoxy) is 1. The Labute approximate surface area is 170 Å². The zero-order valence-corrected chi connectivity index (χ0v) is 17.9. The highest BCUT2D eigenvalue weighted by molar-refractivity contribution is 7.18. The van der Waals surface area contributed by atoms with Gasteiger partial charge in [-0.25, -0.2) is 0 Å². The largest absolute Gasteiger partial charge is 0.473 e. The molecule has 0 spiro atoms. The molecule has 1 aliphatic heterocycles. The molecule has 6 nitrogen and oxygen atoms in total. The SMILES string of the molecule is CC1C(Oc2ccc(-c3ccc(-c4cnn(C)c4)s3)nn2)CCN(C)C1(C)C. The van der Waals surface area contributed by atoms with Crippen molar-refractivity contribution in [2.75, 3.05) is 13.6 Å². The lowest BCUT2D eigenvalue weighted by Crippen LogP contribution is -2.56. The summed E-state index contributed by atoms with van der Waals surface area (Å²) < 4.78 is 8.02. The Morgan fingerprint density at radius 1 is 1.11 bits per heavy atom. The van der Waals surface area contributed by atoms with Crippen LogP contribution in [0, 0.1) is 5.92 Å². The van der Waals surface area contributed by atoms with Gasteiger partial charge in [-0.2, -0.15) is 5.10 Å². The van der Waals surface area contributed by atoms with Gasteiger partial charge in [0, 0.05) is 47.8 Å². The van der Waals surface area contributed by atoms with Crippen LogP contribution in [0.1, 0.15) is 27.2 Å². The second-order valence-electron chi connectivity index (χ2n) is 8.13. The molecule has 0 saturated carbocycles. The van der Waals surface area contributed by atoms with Crippen LogP contribution < -0.4 is 4.74 Å². The summed E-state index contributed by atoms with van der Waals surface area (Å²) in [6.07, 6.45) is 5.06. The molecule has 4 rings (SSSR count). The summed E-state index contributed by atoms with van der Waals surface area (Å²) in [7, 11) is 4.11. The standard InChI is InChI=1S/C21H27N5OS/c1-14-17(10-11-25(4)21(14,2)3)27-20-9-6-16(23-24-20)19-8-7-18(28-19)15-12-22-26(5)13-15/h6-9,12-14,17H,10-11H2,1-5H3. The summed E-state index contributed by atoms with van der Waals surface area (Å²) in [6, 6.07) is 8.11. The Morgan fingerprint density at radius 2 is 1.89 bits per heavy atom. The first kappa shape index (κ1) is 19.1. The Morgan fingerprint density at radius 3 is 2.57 bits per heavy atom. The number of hydrogen-bond acceptors (Lipinski definition) is 6. The van der Waals surface area contributed by atoms with Crippen LogP contribution in [-0.4, -0.2) is 50.1 Å². The summed E-state index contributed by atoms with van der Waals surface area (Å²) in [5.41, 5.74) is 2.09. The smallest absolute Gasteiger partial charge is 0.233 e. The monoisotopic (exact) mass is 397 g/mol. The van der Waals surface area contributed by atoms with Crippen molar-refractivity contribution in [3.05, 3.63) is 36.7 Å². The first-order valence-electron chi connectivity index (χ1n) is 9.65. The third-order valence-electron chi connectivity index (χ3n) is 6.16. The van der Waals surface area contributed by atoms with E-state index in [9.17, 15) is 0 Å². The van der Waals surface area contributed by atoms with E-state index in [0.29, 0.717) is 11.8 Å². The number of aromatic nitrogens is 4. The van der Waals surface area contributed by atoms with Crippen molar-refractivity contribution in [3.8, 4) is 26.9 Å². The highest BCUT2D eigenvalue weighted by Gasteiger charge is 2.40. The Hall–Kier alpha value is -2.25. The first-order chi connectivity index (χ1) is 13.3. The summed E-state index contributed by atoms with van der Waals surface area (Å²) in [5, 5.41) is 13.0. The van der Waals surface area contributed by atoms with E-state index in [4.69, 9.17) is 4.74 Å². The molecule has 3 aromatic heterocycles. The van der Waals surface area contributed by atoms with Crippen molar-refractivity contribution in [1.29, 1.82) is 0 Å². The molecule has 0 N–H and O–H groups in total. The van der Waals surface area contributed by atoms with Crippen LogP contribution in [0.15, 0.2) is 36.7 Å². The Balaban J connectivity index is 1.47. The number of hydrogen-bond donors (Lipinski definition) is 0. The Kier molecular flexibility index (Phi) is 4.97. The van der Waals surface area contributed by atoms with Gasteiger partial charge in [-0.1, -0.05) is 6.92 Å². The second kappa shape index (κ2) is 7.29. The average Bonchev–Trinajstić information content (AvgIpc) is 3.32. The number of likely N-dealkylation sites (tertiary alicyclic amines) is 1. The van der Waals surface area contributed by atoms with Gasteiger partial charge in [0.2, 0.25) is 5.88 Å². The number of aryl methyl sites for hydroxylation is 1. The molecule has 2 atom stereocenters. The lowest BCUT2D eigenvalue weighted by atomic mass is 9.79. The van der Waals surface area contributed by atoms with Gasteiger partial charge in [0.05, 0.1) is 11.1 Å². The predicted molar refractivity (Wildman–Crippen MR) is 112 cm³/mol. The topological polar surface area (TPSA) is 56.1 Å². The van der Waals surface area contributed by atoms with Crippen LogP contribution in [0.4, 0.5) is 0 Å². The van der Waals surface area contributed by atoms with Crippen molar-refractivity contribution in [2.45, 2.75) is 38.8 Å². The van der Waals surface area contributed by atoms with Crippen LogP contribution in [-0.2, 0) is 7.05 Å². The van der Waals surface area contributed by atoms with Gasteiger partial charge in [-0.15, -0.1) is 21.5 Å². The van der Waals surface area contributed by atoms with Gasteiger partial charge < -0.3 is 9.64 Å². The molecule has 4 heterocycles. The van der Waals surface area contributed by atoms with Crippen LogP contribution >= 0.6 is 11.3 Å². The minimum absolute atomic E-state index is 0.107. The molecule has 0 aliphatic carbocycles. The fraction of sp³-hybridized carbons (Fsp3) is 0.476. The molecule has 2 unspecified atom stereocenters. The van der Waals surface area contributed by atoms with E-state index in [1.807, 2.05) is 36.3 Å². The molecule has 1 aliphatic rings. The number of thiophene rings is 1. The molecule has 3 aromatic rings. The van der Waals surface area contributed by atoms with E-state index in [0.717, 1.165) is 29.1 Å². The van der Waals surface area contributed by atoms with E-state index in [-0.39, 0.29) is 11.6 Å². The van der Waals surface area contributed by atoms with E-state index >= 15 is 0 Å². The highest BCUT2D eigenvalue weighted by Crippen LogP contribution is 2.35. The summed E-state index contributed by atoms with van der Waals surface area (Å²) >= 11 is 1.69. The minimum atomic E-state index is 0.107. The minimum Gasteiger partial charge on any atom is -0.473 e. The van der Waals surface area contributed by atoms with Gasteiger partial charge in [0.1, 0.15) is 11.8 Å². The van der Waals surface area contributed by atoms with Gasteiger partial charge in [0.15, 0.2) is 0 Å². The number of nitrogens with zero attached hydrogens (tertiary/aromatic N) is 5. The average molecular weight is 398 g/mol. The highest BCUT2D eigenvalue weighted by atomic mass is 32.1. The van der Waals surface area contributed by atoms with Gasteiger partial charge in [-0.3, -0.25) is 4.68 Å². The zero-order chi connectivity index (χ0) is 19.9. The Bertz CT molecular complexity index is 946. The van der Waals surface area contributed by atoms with E-state index in [2.05, 4.69) is 60.1 Å². The fourth-order valence-electron chi connectivity index (χ4n) is 3.67. The van der Waals surface area contributed by atoms with Crippen molar-refractivity contribution in [3.63, 3.8) is 0 Å². The molecule has 1 saturated heterocycles. The molecule has 0 amide bonds. The third-order valence-corrected chi connectivity index (χ3v) is 7.32. The molecule has 7 heteroatoms. The maximum atomic E-state index is 6.21.